The zero-order valence-corrected chi connectivity index (χ0v) is 18.9. The van der Waals surface area contributed by atoms with Crippen molar-refractivity contribution >= 4 is 17.5 Å². The van der Waals surface area contributed by atoms with Crippen molar-refractivity contribution in [2.75, 3.05) is 36.4 Å². The summed E-state index contributed by atoms with van der Waals surface area (Å²) in [5, 5.41) is 13.4. The molecule has 1 aliphatic heterocycles. The minimum Gasteiger partial charge on any atom is -0.391 e. The quantitative estimate of drug-likeness (QED) is 0.449. The molecule has 3 heterocycles. The minimum atomic E-state index is -4.48. The van der Waals surface area contributed by atoms with Crippen LogP contribution in [0.4, 0.5) is 29.2 Å². The fraction of sp³-hybridized carbons (Fsp3) is 0.545. The molecule has 2 fully saturated rings. The van der Waals surface area contributed by atoms with Gasteiger partial charge in [-0.15, -0.1) is 0 Å². The Kier molecular flexibility index (Phi) is 7.36. The van der Waals surface area contributed by atoms with Gasteiger partial charge in [0.15, 0.2) is 11.6 Å². The maximum atomic E-state index is 15.4. The predicted molar refractivity (Wildman–Crippen MR) is 119 cm³/mol. The smallest absolute Gasteiger partial charge is 0.391 e. The van der Waals surface area contributed by atoms with Crippen molar-refractivity contribution in [2.24, 2.45) is 11.7 Å². The monoisotopic (exact) mass is 497 g/mol. The summed E-state index contributed by atoms with van der Waals surface area (Å²) in [6.07, 6.45) is -0.992. The third kappa shape index (κ3) is 6.34. The van der Waals surface area contributed by atoms with Crippen LogP contribution in [0.5, 0.6) is 0 Å². The average Bonchev–Trinajstić information content (AvgIpc) is 3.63. The number of aliphatic hydroxyl groups is 1. The molecule has 4 N–H and O–H groups in total. The number of hydrogen-bond acceptors (Lipinski definition) is 8. The molecule has 0 spiro atoms. The molecule has 190 valence electrons. The van der Waals surface area contributed by atoms with Crippen LogP contribution in [0.1, 0.15) is 30.5 Å². The van der Waals surface area contributed by atoms with E-state index in [0.717, 1.165) is 25.1 Å². The number of nitrogens with zero attached hydrogens (tertiary/aromatic N) is 5. The summed E-state index contributed by atoms with van der Waals surface area (Å²) in [6, 6.07) is 2.24. The molecule has 1 amide bonds. The SMILES string of the molecule is NC(=O)CN1CCC(CNc2ncnc(N(Cc3ccc(C(F)(F)F)cn3)C3CC3)c2F)C(O)C1. The van der Waals surface area contributed by atoms with Gasteiger partial charge >= 0.3 is 6.18 Å². The van der Waals surface area contributed by atoms with Crippen molar-refractivity contribution in [2.45, 2.75) is 44.1 Å². The molecule has 1 saturated heterocycles. The fourth-order valence-electron chi connectivity index (χ4n) is 4.18. The summed E-state index contributed by atoms with van der Waals surface area (Å²) >= 11 is 0. The van der Waals surface area contributed by atoms with Gasteiger partial charge in [-0.3, -0.25) is 14.7 Å². The Morgan fingerprint density at radius 2 is 2.00 bits per heavy atom. The number of alkyl halides is 3. The molecule has 2 unspecified atom stereocenters. The summed E-state index contributed by atoms with van der Waals surface area (Å²) in [5.74, 6) is -1.29. The fourth-order valence-corrected chi connectivity index (χ4v) is 4.18. The maximum Gasteiger partial charge on any atom is 0.417 e. The number of carbonyl (C=O) groups is 1. The highest BCUT2D eigenvalue weighted by atomic mass is 19.4. The van der Waals surface area contributed by atoms with Crippen molar-refractivity contribution in [3.05, 3.63) is 41.7 Å². The molecule has 2 aromatic rings. The van der Waals surface area contributed by atoms with Crippen molar-refractivity contribution in [3.8, 4) is 0 Å². The van der Waals surface area contributed by atoms with E-state index in [0.29, 0.717) is 25.2 Å². The molecule has 1 saturated carbocycles. The van der Waals surface area contributed by atoms with E-state index in [1.165, 1.54) is 12.4 Å². The third-order valence-electron chi connectivity index (χ3n) is 6.23. The molecule has 2 aromatic heterocycles. The van der Waals surface area contributed by atoms with Gasteiger partial charge in [-0.2, -0.15) is 17.6 Å². The number of likely N-dealkylation sites (tertiary alicyclic amines) is 1. The Morgan fingerprint density at radius 3 is 2.60 bits per heavy atom. The van der Waals surface area contributed by atoms with E-state index in [9.17, 15) is 23.1 Å². The van der Waals surface area contributed by atoms with Crippen LogP contribution in [0.2, 0.25) is 0 Å². The van der Waals surface area contributed by atoms with E-state index < -0.39 is 29.6 Å². The number of amides is 1. The number of carbonyl (C=O) groups excluding carboxylic acids is 1. The number of nitrogens with two attached hydrogens (primary N) is 1. The van der Waals surface area contributed by atoms with Crippen molar-refractivity contribution in [1.82, 2.24) is 19.9 Å². The Hall–Kier alpha value is -3.06. The van der Waals surface area contributed by atoms with Gasteiger partial charge in [-0.1, -0.05) is 0 Å². The molecule has 9 nitrogen and oxygen atoms in total. The number of rotatable bonds is 9. The lowest BCUT2D eigenvalue weighted by molar-refractivity contribution is -0.137. The zero-order chi connectivity index (χ0) is 25.2. The van der Waals surface area contributed by atoms with Gasteiger partial charge in [0.1, 0.15) is 6.33 Å². The molecule has 4 rings (SSSR count). The molecule has 0 radical (unpaired) electrons. The number of anilines is 2. The van der Waals surface area contributed by atoms with E-state index >= 15 is 4.39 Å². The van der Waals surface area contributed by atoms with Crippen LogP contribution >= 0.6 is 0 Å². The van der Waals surface area contributed by atoms with Gasteiger partial charge in [-0.25, -0.2) is 9.97 Å². The first-order chi connectivity index (χ1) is 16.6. The first-order valence-corrected chi connectivity index (χ1v) is 11.3. The second-order valence-corrected chi connectivity index (χ2v) is 8.95. The molecular weight excluding hydrogens is 470 g/mol. The van der Waals surface area contributed by atoms with Crippen LogP contribution < -0.4 is 16.0 Å². The van der Waals surface area contributed by atoms with Gasteiger partial charge < -0.3 is 21.1 Å². The normalized spacial score (nSPS) is 21.1. The summed E-state index contributed by atoms with van der Waals surface area (Å²) in [4.78, 5) is 26.5. The molecule has 35 heavy (non-hydrogen) atoms. The molecule has 0 aromatic carbocycles. The largest absolute Gasteiger partial charge is 0.417 e. The van der Waals surface area contributed by atoms with E-state index in [1.54, 1.807) is 9.80 Å². The molecule has 0 bridgehead atoms. The highest BCUT2D eigenvalue weighted by Gasteiger charge is 2.34. The van der Waals surface area contributed by atoms with E-state index in [4.69, 9.17) is 5.73 Å². The van der Waals surface area contributed by atoms with Crippen LogP contribution in [0, 0.1) is 11.7 Å². The molecule has 1 aliphatic carbocycles. The van der Waals surface area contributed by atoms with Crippen molar-refractivity contribution in [1.29, 1.82) is 0 Å². The number of primary amides is 1. The van der Waals surface area contributed by atoms with Crippen LogP contribution in [0.3, 0.4) is 0 Å². The van der Waals surface area contributed by atoms with Crippen LogP contribution in [-0.4, -0.2) is 69.2 Å². The number of halogens is 4. The lowest BCUT2D eigenvalue weighted by Gasteiger charge is -2.35. The Balaban J connectivity index is 1.42. The summed E-state index contributed by atoms with van der Waals surface area (Å²) < 4.78 is 53.8. The maximum absolute atomic E-state index is 15.4. The number of piperidine rings is 1. The van der Waals surface area contributed by atoms with Crippen molar-refractivity contribution in [3.63, 3.8) is 0 Å². The highest BCUT2D eigenvalue weighted by Crippen LogP contribution is 2.35. The number of β-amino-alcohol motifs (C(OH)–C–C–N with tert-alkyl or cyclic N) is 1. The lowest BCUT2D eigenvalue weighted by atomic mass is 9.94. The van der Waals surface area contributed by atoms with Crippen molar-refractivity contribution < 1.29 is 27.5 Å². The summed E-state index contributed by atoms with van der Waals surface area (Å²) in [6.45, 7) is 1.32. The van der Waals surface area contributed by atoms with E-state index in [1.807, 2.05) is 0 Å². The van der Waals surface area contributed by atoms with Gasteiger partial charge in [-0.05, 0) is 37.9 Å². The Labute approximate surface area is 199 Å². The number of pyridine rings is 1. The molecule has 2 atom stereocenters. The van der Waals surface area contributed by atoms with Crippen LogP contribution in [0.15, 0.2) is 24.7 Å². The number of aromatic nitrogens is 3. The number of nitrogens with one attached hydrogen (secondary N) is 1. The summed E-state index contributed by atoms with van der Waals surface area (Å²) in [5.41, 5.74) is 4.73. The van der Waals surface area contributed by atoms with Gasteiger partial charge in [0.2, 0.25) is 11.7 Å². The van der Waals surface area contributed by atoms with E-state index in [2.05, 4.69) is 20.3 Å². The molecular formula is C22H27F4N7O2. The standard InChI is InChI=1S/C22H27F4N7O2/c23-19-20(29-7-13-5-6-32(10-17(13)34)11-18(27)35)30-12-31-21(19)33(16-3-4-16)9-15-2-1-14(8-28-15)22(24,25)26/h1-2,8,12-13,16-17,34H,3-7,9-11H2,(H2,27,35)(H,29,30,31). The number of hydrogen-bond donors (Lipinski definition) is 3. The Bertz CT molecular complexity index is 1030. The summed E-state index contributed by atoms with van der Waals surface area (Å²) in [7, 11) is 0. The molecule has 13 heteroatoms. The second kappa shape index (κ2) is 10.3. The van der Waals surface area contributed by atoms with Gasteiger partial charge in [0, 0.05) is 31.2 Å². The first-order valence-electron chi connectivity index (χ1n) is 11.3. The van der Waals surface area contributed by atoms with Gasteiger partial charge in [0.05, 0.1) is 30.5 Å². The average molecular weight is 497 g/mol. The van der Waals surface area contributed by atoms with Gasteiger partial charge in [0.25, 0.3) is 0 Å². The topological polar surface area (TPSA) is 120 Å². The minimum absolute atomic E-state index is 0.00717. The van der Waals surface area contributed by atoms with E-state index in [-0.39, 0.29) is 43.2 Å². The molecule has 2 aliphatic rings. The highest BCUT2D eigenvalue weighted by molar-refractivity contribution is 5.75. The second-order valence-electron chi connectivity index (χ2n) is 8.95. The first kappa shape index (κ1) is 25.0. The Morgan fingerprint density at radius 1 is 1.23 bits per heavy atom. The lowest BCUT2D eigenvalue weighted by Crippen LogP contribution is -2.48. The zero-order valence-electron chi connectivity index (χ0n) is 18.9. The predicted octanol–water partition coefficient (Wildman–Crippen LogP) is 1.78. The number of aliphatic hydroxyl groups excluding tert-OH is 1. The third-order valence-corrected chi connectivity index (χ3v) is 6.23. The van der Waals surface area contributed by atoms with Crippen LogP contribution in [0.25, 0.3) is 0 Å². The van der Waals surface area contributed by atoms with Crippen LogP contribution in [-0.2, 0) is 17.5 Å².